The normalized spacial score (nSPS) is 16.3. The van der Waals surface area contributed by atoms with Crippen molar-refractivity contribution in [1.82, 2.24) is 4.90 Å². The average molecular weight is 433 g/mol. The van der Waals surface area contributed by atoms with Crippen LogP contribution < -0.4 is 4.74 Å². The van der Waals surface area contributed by atoms with E-state index in [1.807, 2.05) is 6.07 Å². The molecule has 2 aromatic carbocycles. The first kappa shape index (κ1) is 22.0. The number of carbonyl (C=O) groups is 2. The number of piperidine rings is 1. The first-order valence-electron chi connectivity index (χ1n) is 11.1. The second-order valence-corrected chi connectivity index (χ2v) is 8.64. The van der Waals surface area contributed by atoms with Crippen LogP contribution in [0.4, 0.5) is 0 Å². The molecule has 4 rings (SSSR count). The van der Waals surface area contributed by atoms with E-state index in [0.29, 0.717) is 41.4 Å². The lowest BCUT2D eigenvalue weighted by Crippen LogP contribution is -2.35. The van der Waals surface area contributed by atoms with Gasteiger partial charge in [0, 0.05) is 24.1 Å². The van der Waals surface area contributed by atoms with E-state index in [1.54, 1.807) is 18.2 Å². The minimum Gasteiger partial charge on any atom is -0.495 e. The monoisotopic (exact) mass is 432 g/mol. The van der Waals surface area contributed by atoms with E-state index in [9.17, 15) is 9.59 Å². The summed E-state index contributed by atoms with van der Waals surface area (Å²) in [5.74, 6) is 0.721. The average Bonchev–Trinajstić information content (AvgIpc) is 3.20. The van der Waals surface area contributed by atoms with Crippen LogP contribution in [-0.2, 0) is 17.8 Å². The molecule has 1 fully saturated rings. The number of hydrogen-bond acceptors (Lipinski definition) is 6. The second kappa shape index (κ2) is 9.54. The van der Waals surface area contributed by atoms with E-state index in [0.717, 1.165) is 44.5 Å². The van der Waals surface area contributed by atoms with Crippen LogP contribution in [0.3, 0.4) is 0 Å². The number of esters is 1. The lowest BCUT2D eigenvalue weighted by molar-refractivity contribution is 0.0534. The van der Waals surface area contributed by atoms with Gasteiger partial charge in [0.25, 0.3) is 0 Å². The number of likely N-dealkylation sites (tertiary alicyclic amines) is 1. The molecule has 2 aromatic rings. The van der Waals surface area contributed by atoms with Crippen LogP contribution in [0.25, 0.3) is 0 Å². The number of rotatable bonds is 7. The highest BCUT2D eigenvalue weighted by atomic mass is 16.5. The number of hydrogen-bond donors (Lipinski definition) is 0. The van der Waals surface area contributed by atoms with Gasteiger partial charge in [-0.15, -0.1) is 0 Å². The summed E-state index contributed by atoms with van der Waals surface area (Å²) in [6.07, 6.45) is 3.48. The predicted molar refractivity (Wildman–Crippen MR) is 120 cm³/mol. The topological polar surface area (TPSA) is 79.6 Å². The molecule has 0 aromatic heterocycles. The zero-order chi connectivity index (χ0) is 22.7. The van der Waals surface area contributed by atoms with Crippen molar-refractivity contribution in [3.05, 3.63) is 63.7 Å². The van der Waals surface area contributed by atoms with Crippen molar-refractivity contribution in [2.24, 2.45) is 5.92 Å². The highest BCUT2D eigenvalue weighted by Gasteiger charge is 2.25. The Morgan fingerprint density at radius 2 is 2.03 bits per heavy atom. The summed E-state index contributed by atoms with van der Waals surface area (Å²) >= 11 is 0. The Kier molecular flexibility index (Phi) is 6.57. The Morgan fingerprint density at radius 1 is 1.25 bits per heavy atom. The highest BCUT2D eigenvalue weighted by molar-refractivity contribution is 5.96. The molecule has 2 aliphatic heterocycles. The predicted octanol–water partition coefficient (Wildman–Crippen LogP) is 4.07. The molecule has 0 bridgehead atoms. The quantitative estimate of drug-likeness (QED) is 0.485. The third-order valence-corrected chi connectivity index (χ3v) is 6.80. The lowest BCUT2D eigenvalue weighted by Gasteiger charge is -2.32. The number of ether oxygens (including phenoxy) is 2. The molecule has 166 valence electrons. The van der Waals surface area contributed by atoms with Gasteiger partial charge >= 0.3 is 5.97 Å². The van der Waals surface area contributed by atoms with Gasteiger partial charge in [-0.2, -0.15) is 5.26 Å². The fourth-order valence-electron chi connectivity index (χ4n) is 4.70. The largest absolute Gasteiger partial charge is 0.495 e. The fourth-order valence-corrected chi connectivity index (χ4v) is 4.70. The molecule has 0 atom stereocenters. The molecular formula is C26H28N2O4. The first-order valence-corrected chi connectivity index (χ1v) is 11.1. The van der Waals surface area contributed by atoms with Crippen molar-refractivity contribution in [1.29, 1.82) is 5.26 Å². The highest BCUT2D eigenvalue weighted by Crippen LogP contribution is 2.28. The van der Waals surface area contributed by atoms with E-state index in [4.69, 9.17) is 14.7 Å². The Bertz CT molecular complexity index is 1080. The molecule has 0 amide bonds. The van der Waals surface area contributed by atoms with Gasteiger partial charge in [0.15, 0.2) is 5.78 Å². The Labute approximate surface area is 188 Å². The van der Waals surface area contributed by atoms with E-state index in [-0.39, 0.29) is 11.8 Å². The molecule has 6 heteroatoms. The molecular weight excluding hydrogens is 404 g/mol. The third kappa shape index (κ3) is 4.53. The van der Waals surface area contributed by atoms with Crippen LogP contribution in [0.15, 0.2) is 30.3 Å². The van der Waals surface area contributed by atoms with Gasteiger partial charge in [0.2, 0.25) is 0 Å². The molecule has 32 heavy (non-hydrogen) atoms. The van der Waals surface area contributed by atoms with Gasteiger partial charge in [-0.05, 0) is 80.6 Å². The Morgan fingerprint density at radius 3 is 2.75 bits per heavy atom. The minimum atomic E-state index is -0.217. The number of benzene rings is 2. The summed E-state index contributed by atoms with van der Waals surface area (Å²) in [7, 11) is 1.51. The van der Waals surface area contributed by atoms with Crippen LogP contribution >= 0.6 is 0 Å². The summed E-state index contributed by atoms with van der Waals surface area (Å²) in [4.78, 5) is 26.9. The maximum Gasteiger partial charge on any atom is 0.338 e. The summed E-state index contributed by atoms with van der Waals surface area (Å²) < 4.78 is 10.4. The zero-order valence-corrected chi connectivity index (χ0v) is 18.6. The van der Waals surface area contributed by atoms with Crippen LogP contribution in [-0.4, -0.2) is 43.4 Å². The molecule has 0 radical (unpaired) electrons. The third-order valence-electron chi connectivity index (χ3n) is 6.80. The number of fused-ring (bicyclic) bond motifs is 1. The summed E-state index contributed by atoms with van der Waals surface area (Å²) in [6.45, 7) is 5.41. The van der Waals surface area contributed by atoms with E-state index < -0.39 is 0 Å². The fraction of sp³-hybridized carbons (Fsp3) is 0.423. The Balaban J connectivity index is 1.27. The van der Waals surface area contributed by atoms with Gasteiger partial charge in [-0.25, -0.2) is 4.79 Å². The molecule has 2 heterocycles. The summed E-state index contributed by atoms with van der Waals surface area (Å²) in [5.41, 5.74) is 5.23. The van der Waals surface area contributed by atoms with E-state index in [1.165, 1.54) is 18.2 Å². The number of carbonyl (C=O) groups excluding carboxylic acids is 2. The molecule has 0 N–H and O–H groups in total. The summed E-state index contributed by atoms with van der Waals surface area (Å²) in [5, 5.41) is 9.11. The number of nitriles is 1. The van der Waals surface area contributed by atoms with E-state index >= 15 is 0 Å². The number of Topliss-reactive ketones (excluding diaryl/α,β-unsaturated/α-hetero) is 1. The number of ketones is 1. The molecule has 0 saturated carbocycles. The van der Waals surface area contributed by atoms with Gasteiger partial charge in [-0.1, -0.05) is 6.07 Å². The second-order valence-electron chi connectivity index (χ2n) is 8.64. The van der Waals surface area contributed by atoms with Crippen molar-refractivity contribution < 1.29 is 19.1 Å². The first-order chi connectivity index (χ1) is 15.5. The van der Waals surface area contributed by atoms with Crippen molar-refractivity contribution in [3.8, 4) is 11.8 Å². The Hall–Kier alpha value is -3.17. The standard InChI is InChI=1S/C26H28N2O4/c1-17-19(5-6-22-23(17)16-32-26(22)30)9-12-28-10-7-18(8-11-28)13-24(29)20-3-4-21(15-27)25(14-20)31-2/h3-6,14,18H,7-13,16H2,1-2H3. The molecule has 2 aliphatic rings. The van der Waals surface area contributed by atoms with Crippen LogP contribution in [0.2, 0.25) is 0 Å². The van der Waals surface area contributed by atoms with Gasteiger partial charge in [-0.3, -0.25) is 4.79 Å². The van der Waals surface area contributed by atoms with Crippen molar-refractivity contribution >= 4 is 11.8 Å². The van der Waals surface area contributed by atoms with Gasteiger partial charge < -0.3 is 14.4 Å². The molecule has 0 aliphatic carbocycles. The lowest BCUT2D eigenvalue weighted by atomic mass is 9.89. The number of nitrogens with zero attached hydrogens (tertiary/aromatic N) is 2. The van der Waals surface area contributed by atoms with Crippen molar-refractivity contribution in [2.45, 2.75) is 39.2 Å². The SMILES string of the molecule is COc1cc(C(=O)CC2CCN(CCc3ccc4c(c3C)COC4=O)CC2)ccc1C#N. The smallest absolute Gasteiger partial charge is 0.338 e. The molecule has 1 saturated heterocycles. The van der Waals surface area contributed by atoms with Gasteiger partial charge in [0.05, 0.1) is 18.2 Å². The number of methoxy groups -OCH3 is 1. The number of cyclic esters (lactones) is 1. The maximum atomic E-state index is 12.7. The molecule has 0 spiro atoms. The van der Waals surface area contributed by atoms with Gasteiger partial charge in [0.1, 0.15) is 18.4 Å². The molecule has 0 unspecified atom stereocenters. The van der Waals surface area contributed by atoms with E-state index in [2.05, 4.69) is 24.0 Å². The van der Waals surface area contributed by atoms with Crippen LogP contribution in [0.5, 0.6) is 5.75 Å². The van der Waals surface area contributed by atoms with Crippen molar-refractivity contribution in [2.75, 3.05) is 26.7 Å². The summed E-state index contributed by atoms with van der Waals surface area (Å²) in [6, 6.07) is 11.1. The molecule has 6 nitrogen and oxygen atoms in total. The van der Waals surface area contributed by atoms with Crippen LogP contribution in [0, 0.1) is 24.2 Å². The zero-order valence-electron chi connectivity index (χ0n) is 18.6. The maximum absolute atomic E-state index is 12.7. The minimum absolute atomic E-state index is 0.108. The van der Waals surface area contributed by atoms with Crippen molar-refractivity contribution in [3.63, 3.8) is 0 Å². The van der Waals surface area contributed by atoms with Crippen LogP contribution in [0.1, 0.15) is 62.2 Å².